The number of phenolic OH excluding ortho intramolecular Hbond substituents is 1. The lowest BCUT2D eigenvalue weighted by molar-refractivity contribution is 0.360. The highest BCUT2D eigenvalue weighted by atomic mass is 16.5. The predicted molar refractivity (Wildman–Crippen MR) is 77.9 cm³/mol. The van der Waals surface area contributed by atoms with Crippen LogP contribution < -0.4 is 10.5 Å². The molecule has 1 unspecified atom stereocenters. The summed E-state index contributed by atoms with van der Waals surface area (Å²) in [5.41, 5.74) is 8.31. The third kappa shape index (κ3) is 2.32. The molecule has 1 aromatic carbocycles. The Bertz CT molecular complexity index is 482. The molecule has 1 aromatic rings. The van der Waals surface area contributed by atoms with Gasteiger partial charge in [-0.2, -0.15) is 0 Å². The molecule has 0 bridgehead atoms. The van der Waals surface area contributed by atoms with Crippen LogP contribution in [0.15, 0.2) is 12.1 Å². The van der Waals surface area contributed by atoms with Gasteiger partial charge in [0.15, 0.2) is 11.5 Å². The van der Waals surface area contributed by atoms with Crippen molar-refractivity contribution in [1.82, 2.24) is 0 Å². The van der Waals surface area contributed by atoms with Gasteiger partial charge in [0.2, 0.25) is 0 Å². The lowest BCUT2D eigenvalue weighted by atomic mass is 9.81. The Kier molecular flexibility index (Phi) is 3.29. The molecule has 1 aliphatic rings. The van der Waals surface area contributed by atoms with Gasteiger partial charge in [0.25, 0.3) is 0 Å². The second kappa shape index (κ2) is 4.41. The Morgan fingerprint density at radius 1 is 1.32 bits per heavy atom. The van der Waals surface area contributed by atoms with Crippen LogP contribution >= 0.6 is 0 Å². The van der Waals surface area contributed by atoms with Crippen molar-refractivity contribution < 1.29 is 9.84 Å². The van der Waals surface area contributed by atoms with Crippen LogP contribution in [-0.4, -0.2) is 18.3 Å². The lowest BCUT2D eigenvalue weighted by Gasteiger charge is -2.27. The van der Waals surface area contributed by atoms with Crippen LogP contribution in [0.3, 0.4) is 0 Å². The van der Waals surface area contributed by atoms with E-state index >= 15 is 0 Å². The number of hydrogen-bond acceptors (Lipinski definition) is 3. The van der Waals surface area contributed by atoms with Crippen molar-refractivity contribution in [2.45, 2.75) is 57.4 Å². The maximum Gasteiger partial charge on any atom is 0.164 e. The molecule has 106 valence electrons. The first-order valence-electron chi connectivity index (χ1n) is 6.90. The molecule has 0 radical (unpaired) electrons. The highest BCUT2D eigenvalue weighted by molar-refractivity contribution is 5.55. The number of rotatable bonds is 3. The van der Waals surface area contributed by atoms with E-state index in [1.807, 2.05) is 6.92 Å². The van der Waals surface area contributed by atoms with Gasteiger partial charge in [0.1, 0.15) is 0 Å². The van der Waals surface area contributed by atoms with Gasteiger partial charge in [0, 0.05) is 17.0 Å². The fourth-order valence-corrected chi connectivity index (χ4v) is 2.74. The molecule has 0 saturated heterocycles. The fourth-order valence-electron chi connectivity index (χ4n) is 2.74. The van der Waals surface area contributed by atoms with Crippen LogP contribution in [0, 0.1) is 0 Å². The quantitative estimate of drug-likeness (QED) is 0.881. The Labute approximate surface area is 115 Å². The molecule has 1 fully saturated rings. The highest BCUT2D eigenvalue weighted by Crippen LogP contribution is 2.55. The van der Waals surface area contributed by atoms with Gasteiger partial charge in [0.05, 0.1) is 7.11 Å². The van der Waals surface area contributed by atoms with E-state index in [0.717, 1.165) is 24.0 Å². The van der Waals surface area contributed by atoms with Gasteiger partial charge in [-0.15, -0.1) is 0 Å². The summed E-state index contributed by atoms with van der Waals surface area (Å²) >= 11 is 0. The van der Waals surface area contributed by atoms with E-state index in [1.54, 1.807) is 13.2 Å². The number of nitrogens with two attached hydrogens (primary N) is 1. The van der Waals surface area contributed by atoms with E-state index in [4.69, 9.17) is 10.5 Å². The minimum absolute atomic E-state index is 0.00752. The molecule has 2 rings (SSSR count). The summed E-state index contributed by atoms with van der Waals surface area (Å²) in [6.45, 7) is 8.46. The number of benzene rings is 1. The third-order valence-corrected chi connectivity index (χ3v) is 4.34. The molecule has 19 heavy (non-hydrogen) atoms. The number of phenols is 1. The van der Waals surface area contributed by atoms with E-state index in [9.17, 15) is 5.11 Å². The largest absolute Gasteiger partial charge is 0.504 e. The van der Waals surface area contributed by atoms with Crippen LogP contribution in [0.1, 0.15) is 51.7 Å². The average Bonchev–Trinajstić information content (AvgIpc) is 3.07. The molecule has 3 nitrogen and oxygen atoms in total. The Balaban J connectivity index is 2.61. The zero-order valence-corrected chi connectivity index (χ0v) is 12.6. The maximum absolute atomic E-state index is 10.2. The maximum atomic E-state index is 10.2. The smallest absolute Gasteiger partial charge is 0.164 e. The standard InChI is InChI=1S/C16H25NO2/c1-10(17)16(6-7-16)12-8-11(15(2,3)4)9-13(18)14(12)19-5/h8-10,18H,6-7,17H2,1-5H3. The molecular formula is C16H25NO2. The van der Waals surface area contributed by atoms with E-state index in [1.165, 1.54) is 0 Å². The Morgan fingerprint density at radius 2 is 1.89 bits per heavy atom. The molecule has 0 spiro atoms. The summed E-state index contributed by atoms with van der Waals surface area (Å²) in [6, 6.07) is 4.03. The number of aromatic hydroxyl groups is 1. The average molecular weight is 263 g/mol. The lowest BCUT2D eigenvalue weighted by Crippen LogP contribution is -2.32. The zero-order valence-electron chi connectivity index (χ0n) is 12.6. The minimum atomic E-state index is -0.0237. The molecule has 3 N–H and O–H groups in total. The fraction of sp³-hybridized carbons (Fsp3) is 0.625. The molecule has 1 saturated carbocycles. The number of hydrogen-bond donors (Lipinski definition) is 2. The summed E-state index contributed by atoms with van der Waals surface area (Å²) in [6.07, 6.45) is 2.13. The summed E-state index contributed by atoms with van der Waals surface area (Å²) in [4.78, 5) is 0. The molecule has 1 atom stereocenters. The summed E-state index contributed by atoms with van der Waals surface area (Å²) in [7, 11) is 1.60. The van der Waals surface area contributed by atoms with Crippen LogP contribution in [0.4, 0.5) is 0 Å². The van der Waals surface area contributed by atoms with Crippen molar-refractivity contribution in [1.29, 1.82) is 0 Å². The normalized spacial score (nSPS) is 19.1. The van der Waals surface area contributed by atoms with Crippen molar-refractivity contribution in [3.8, 4) is 11.5 Å². The Morgan fingerprint density at radius 3 is 2.26 bits per heavy atom. The number of ether oxygens (including phenoxy) is 1. The SMILES string of the molecule is COc1c(O)cc(C(C)(C)C)cc1C1(C(C)N)CC1. The van der Waals surface area contributed by atoms with E-state index < -0.39 is 0 Å². The Hall–Kier alpha value is -1.22. The monoisotopic (exact) mass is 263 g/mol. The van der Waals surface area contributed by atoms with Crippen molar-refractivity contribution in [3.63, 3.8) is 0 Å². The van der Waals surface area contributed by atoms with Gasteiger partial charge < -0.3 is 15.6 Å². The minimum Gasteiger partial charge on any atom is -0.504 e. The van der Waals surface area contributed by atoms with Gasteiger partial charge in [-0.1, -0.05) is 26.8 Å². The van der Waals surface area contributed by atoms with Crippen LogP contribution in [0.25, 0.3) is 0 Å². The van der Waals surface area contributed by atoms with Crippen molar-refractivity contribution in [3.05, 3.63) is 23.3 Å². The van der Waals surface area contributed by atoms with Crippen LogP contribution in [0.5, 0.6) is 11.5 Å². The van der Waals surface area contributed by atoms with E-state index in [2.05, 4.69) is 26.8 Å². The first-order valence-corrected chi connectivity index (χ1v) is 6.90. The van der Waals surface area contributed by atoms with Gasteiger partial charge in [-0.3, -0.25) is 0 Å². The molecule has 1 aliphatic carbocycles. The molecule has 0 aromatic heterocycles. The summed E-state index contributed by atoms with van der Waals surface area (Å²) in [5.74, 6) is 0.805. The topological polar surface area (TPSA) is 55.5 Å². The van der Waals surface area contributed by atoms with Crippen molar-refractivity contribution >= 4 is 0 Å². The second-order valence-corrected chi connectivity index (χ2v) is 6.77. The van der Waals surface area contributed by atoms with Gasteiger partial charge in [-0.25, -0.2) is 0 Å². The first-order chi connectivity index (χ1) is 8.72. The van der Waals surface area contributed by atoms with Crippen molar-refractivity contribution in [2.75, 3.05) is 7.11 Å². The number of methoxy groups -OCH3 is 1. The zero-order chi connectivity index (χ0) is 14.4. The van der Waals surface area contributed by atoms with Crippen LogP contribution in [-0.2, 0) is 10.8 Å². The highest BCUT2D eigenvalue weighted by Gasteiger charge is 2.50. The first kappa shape index (κ1) is 14.2. The van der Waals surface area contributed by atoms with E-state index in [0.29, 0.717) is 5.75 Å². The molecule has 0 heterocycles. The molecular weight excluding hydrogens is 238 g/mol. The predicted octanol–water partition coefficient (Wildman–Crippen LogP) is 3.08. The van der Waals surface area contributed by atoms with Gasteiger partial charge in [-0.05, 0) is 36.8 Å². The van der Waals surface area contributed by atoms with Gasteiger partial charge >= 0.3 is 0 Å². The van der Waals surface area contributed by atoms with E-state index in [-0.39, 0.29) is 22.6 Å². The molecule has 0 aliphatic heterocycles. The summed E-state index contributed by atoms with van der Waals surface area (Å²) < 4.78 is 5.41. The third-order valence-electron chi connectivity index (χ3n) is 4.34. The second-order valence-electron chi connectivity index (χ2n) is 6.77. The van der Waals surface area contributed by atoms with Crippen LogP contribution in [0.2, 0.25) is 0 Å². The van der Waals surface area contributed by atoms with Crippen molar-refractivity contribution in [2.24, 2.45) is 5.73 Å². The summed E-state index contributed by atoms with van der Waals surface area (Å²) in [5, 5.41) is 10.2. The molecule has 0 amide bonds. The molecule has 3 heteroatoms.